The first-order valence-corrected chi connectivity index (χ1v) is 6.64. The summed E-state index contributed by atoms with van der Waals surface area (Å²) in [5.74, 6) is -0.467. The molecule has 20 heavy (non-hydrogen) atoms. The van der Waals surface area contributed by atoms with Gasteiger partial charge in [0.2, 0.25) is 11.5 Å². The van der Waals surface area contributed by atoms with Crippen LogP contribution in [-0.4, -0.2) is 41.4 Å². The number of carbonyl (C=O) groups is 2. The van der Waals surface area contributed by atoms with E-state index in [1.807, 2.05) is 6.92 Å². The topological polar surface area (TPSA) is 71.4 Å². The van der Waals surface area contributed by atoms with Gasteiger partial charge in [0.05, 0.1) is 12.1 Å². The van der Waals surface area contributed by atoms with Crippen LogP contribution in [0.3, 0.4) is 0 Å². The van der Waals surface area contributed by atoms with Crippen molar-refractivity contribution in [2.24, 2.45) is 7.05 Å². The fourth-order valence-corrected chi connectivity index (χ4v) is 1.69. The lowest BCUT2D eigenvalue weighted by molar-refractivity contribution is -0.121. The molecule has 0 radical (unpaired) electrons. The number of nitrogens with one attached hydrogen (secondary N) is 1. The molecule has 110 valence electrons. The maximum atomic E-state index is 12.1. The highest BCUT2D eigenvalue weighted by Crippen LogP contribution is 2.00. The Morgan fingerprint density at radius 2 is 2.05 bits per heavy atom. The fraction of sp³-hybridized carbons (Fsp3) is 0.500. The zero-order valence-electron chi connectivity index (χ0n) is 12.2. The van der Waals surface area contributed by atoms with Gasteiger partial charge in [0, 0.05) is 32.9 Å². The fourth-order valence-electron chi connectivity index (χ4n) is 1.69. The van der Waals surface area contributed by atoms with E-state index < -0.39 is 0 Å². The summed E-state index contributed by atoms with van der Waals surface area (Å²) in [6.07, 6.45) is 3.40. The van der Waals surface area contributed by atoms with Crippen molar-refractivity contribution in [3.05, 3.63) is 34.2 Å². The summed E-state index contributed by atoms with van der Waals surface area (Å²) in [5, 5.41) is 2.75. The molecule has 2 amide bonds. The molecule has 1 rings (SSSR count). The van der Waals surface area contributed by atoms with E-state index in [9.17, 15) is 14.4 Å². The number of hydrogen-bond acceptors (Lipinski definition) is 3. The number of aromatic nitrogens is 1. The third-order valence-electron chi connectivity index (χ3n) is 2.91. The number of carbonyl (C=O) groups excluding carboxylic acids is 2. The van der Waals surface area contributed by atoms with Crippen molar-refractivity contribution in [1.29, 1.82) is 0 Å². The van der Waals surface area contributed by atoms with Crippen molar-refractivity contribution in [3.8, 4) is 0 Å². The van der Waals surface area contributed by atoms with E-state index >= 15 is 0 Å². The largest absolute Gasteiger partial charge is 0.355 e. The molecule has 6 nitrogen and oxygen atoms in total. The molecule has 1 N–H and O–H groups in total. The van der Waals surface area contributed by atoms with E-state index in [-0.39, 0.29) is 23.9 Å². The van der Waals surface area contributed by atoms with Crippen molar-refractivity contribution in [3.63, 3.8) is 0 Å². The molecule has 1 heterocycles. The van der Waals surface area contributed by atoms with Gasteiger partial charge in [-0.05, 0) is 12.5 Å². The van der Waals surface area contributed by atoms with Crippen molar-refractivity contribution in [2.75, 3.05) is 20.1 Å². The van der Waals surface area contributed by atoms with Gasteiger partial charge >= 0.3 is 0 Å². The molecule has 0 aromatic carbocycles. The Kier molecular flexibility index (Phi) is 5.96. The van der Waals surface area contributed by atoms with E-state index in [0.717, 1.165) is 12.8 Å². The van der Waals surface area contributed by atoms with Crippen LogP contribution in [0.4, 0.5) is 0 Å². The standard InChI is InChI=1S/C14H21N3O3/c1-4-5-8-15-12(18)10-17(3)14(20)11-6-7-13(19)16(2)9-11/h6-7,9H,4-5,8,10H2,1-3H3,(H,15,18). The second-order valence-corrected chi connectivity index (χ2v) is 4.73. The van der Waals surface area contributed by atoms with Crippen molar-refractivity contribution < 1.29 is 9.59 Å². The van der Waals surface area contributed by atoms with E-state index in [2.05, 4.69) is 5.32 Å². The third-order valence-corrected chi connectivity index (χ3v) is 2.91. The van der Waals surface area contributed by atoms with Crippen LogP contribution in [0.1, 0.15) is 30.1 Å². The predicted molar refractivity (Wildman–Crippen MR) is 76.6 cm³/mol. The molecular weight excluding hydrogens is 258 g/mol. The van der Waals surface area contributed by atoms with Gasteiger partial charge < -0.3 is 14.8 Å². The first kappa shape index (κ1) is 15.9. The molecule has 6 heteroatoms. The number of likely N-dealkylation sites (N-methyl/N-ethyl adjacent to an activating group) is 1. The molecule has 0 fully saturated rings. The summed E-state index contributed by atoms with van der Waals surface area (Å²) in [4.78, 5) is 36.3. The average Bonchev–Trinajstić information content (AvgIpc) is 2.41. The smallest absolute Gasteiger partial charge is 0.255 e. The summed E-state index contributed by atoms with van der Waals surface area (Å²) in [7, 11) is 3.14. The minimum Gasteiger partial charge on any atom is -0.355 e. The lowest BCUT2D eigenvalue weighted by atomic mass is 10.2. The van der Waals surface area contributed by atoms with Crippen LogP contribution in [-0.2, 0) is 11.8 Å². The number of amides is 2. The second kappa shape index (κ2) is 7.47. The Morgan fingerprint density at radius 1 is 1.35 bits per heavy atom. The van der Waals surface area contributed by atoms with Crippen LogP contribution in [0.15, 0.2) is 23.1 Å². The quantitative estimate of drug-likeness (QED) is 0.765. The molecule has 0 bridgehead atoms. The van der Waals surface area contributed by atoms with Crippen LogP contribution in [0.25, 0.3) is 0 Å². The highest BCUT2D eigenvalue weighted by Gasteiger charge is 2.15. The molecule has 0 spiro atoms. The van der Waals surface area contributed by atoms with Gasteiger partial charge in [-0.1, -0.05) is 13.3 Å². The Bertz CT molecular complexity index is 537. The maximum Gasteiger partial charge on any atom is 0.255 e. The number of unbranched alkanes of at least 4 members (excludes halogenated alkanes) is 1. The SMILES string of the molecule is CCCCNC(=O)CN(C)C(=O)c1ccc(=O)n(C)c1. The Morgan fingerprint density at radius 3 is 2.65 bits per heavy atom. The molecule has 1 aromatic rings. The van der Waals surface area contributed by atoms with Gasteiger partial charge in [0.15, 0.2) is 0 Å². The normalized spacial score (nSPS) is 10.2. The van der Waals surface area contributed by atoms with E-state index in [1.54, 1.807) is 14.1 Å². The molecular formula is C14H21N3O3. The number of rotatable bonds is 6. The van der Waals surface area contributed by atoms with E-state index in [0.29, 0.717) is 12.1 Å². The molecule has 0 aliphatic rings. The van der Waals surface area contributed by atoms with E-state index in [4.69, 9.17) is 0 Å². The number of hydrogen-bond donors (Lipinski definition) is 1. The summed E-state index contributed by atoms with van der Waals surface area (Å²) in [5.41, 5.74) is 0.206. The highest BCUT2D eigenvalue weighted by atomic mass is 16.2. The second-order valence-electron chi connectivity index (χ2n) is 4.73. The zero-order chi connectivity index (χ0) is 15.1. The van der Waals surface area contributed by atoms with Crippen LogP contribution in [0, 0.1) is 0 Å². The minimum atomic E-state index is -0.286. The Labute approximate surface area is 118 Å². The highest BCUT2D eigenvalue weighted by molar-refractivity contribution is 5.96. The number of pyridine rings is 1. The summed E-state index contributed by atoms with van der Waals surface area (Å²) in [6, 6.07) is 2.80. The van der Waals surface area contributed by atoms with Crippen molar-refractivity contribution >= 4 is 11.8 Å². The molecule has 1 aromatic heterocycles. The number of aryl methyl sites for hydroxylation is 1. The lowest BCUT2D eigenvalue weighted by Crippen LogP contribution is -2.39. The molecule has 0 aliphatic heterocycles. The Balaban J connectivity index is 2.60. The average molecular weight is 279 g/mol. The maximum absolute atomic E-state index is 12.1. The predicted octanol–water partition coefficient (Wildman–Crippen LogP) is 0.374. The lowest BCUT2D eigenvalue weighted by Gasteiger charge is -2.17. The van der Waals surface area contributed by atoms with Crippen LogP contribution >= 0.6 is 0 Å². The van der Waals surface area contributed by atoms with Gasteiger partial charge in [-0.25, -0.2) is 0 Å². The van der Waals surface area contributed by atoms with Crippen LogP contribution in [0.2, 0.25) is 0 Å². The molecule has 0 saturated carbocycles. The number of nitrogens with zero attached hydrogens (tertiary/aromatic N) is 2. The minimum absolute atomic E-state index is 0.00535. The van der Waals surface area contributed by atoms with Gasteiger partial charge in [-0.3, -0.25) is 14.4 Å². The molecule has 0 saturated heterocycles. The van der Waals surface area contributed by atoms with E-state index in [1.165, 1.54) is 27.8 Å². The van der Waals surface area contributed by atoms with Crippen LogP contribution in [0.5, 0.6) is 0 Å². The first-order valence-electron chi connectivity index (χ1n) is 6.64. The van der Waals surface area contributed by atoms with Crippen molar-refractivity contribution in [1.82, 2.24) is 14.8 Å². The molecule has 0 atom stereocenters. The monoisotopic (exact) mass is 279 g/mol. The zero-order valence-corrected chi connectivity index (χ0v) is 12.2. The van der Waals surface area contributed by atoms with Gasteiger partial charge in [0.25, 0.3) is 5.91 Å². The molecule has 0 aliphatic carbocycles. The van der Waals surface area contributed by atoms with Crippen molar-refractivity contribution in [2.45, 2.75) is 19.8 Å². The summed E-state index contributed by atoms with van der Waals surface area (Å²) < 4.78 is 1.34. The van der Waals surface area contributed by atoms with Gasteiger partial charge in [-0.2, -0.15) is 0 Å². The van der Waals surface area contributed by atoms with Crippen LogP contribution < -0.4 is 10.9 Å². The first-order chi connectivity index (χ1) is 9.45. The summed E-state index contributed by atoms with van der Waals surface area (Å²) >= 11 is 0. The van der Waals surface area contributed by atoms with Gasteiger partial charge in [-0.15, -0.1) is 0 Å². The van der Waals surface area contributed by atoms with Gasteiger partial charge in [0.1, 0.15) is 0 Å². The Hall–Kier alpha value is -2.11. The molecule has 0 unspecified atom stereocenters. The third kappa shape index (κ3) is 4.53. The summed E-state index contributed by atoms with van der Waals surface area (Å²) in [6.45, 7) is 2.67.